The molecular weight excluding hydrogens is 391 g/mol. The first kappa shape index (κ1) is 19.2. The molecule has 140 valence electrons. The molecule has 0 aliphatic carbocycles. The second kappa shape index (κ2) is 7.98. The molecule has 6 nitrogen and oxygen atoms in total. The van der Waals surface area contributed by atoms with Gasteiger partial charge in [0.25, 0.3) is 5.91 Å². The molecule has 2 aromatic rings. The molecule has 27 heavy (non-hydrogen) atoms. The molecule has 1 unspecified atom stereocenters. The number of hydrogen-bond donors (Lipinski definition) is 2. The van der Waals surface area contributed by atoms with E-state index in [0.29, 0.717) is 34.8 Å². The molecular formula is C19H16Cl2N2O4. The fraction of sp³-hybridized carbons (Fsp3) is 0.211. The van der Waals surface area contributed by atoms with Crippen LogP contribution in [0.3, 0.4) is 0 Å². The minimum absolute atomic E-state index is 0.0530. The summed E-state index contributed by atoms with van der Waals surface area (Å²) in [5.41, 5.74) is 2.18. The number of carbonyl (C=O) groups excluding carboxylic acids is 3. The summed E-state index contributed by atoms with van der Waals surface area (Å²) in [7, 11) is 0. The number of carbonyl (C=O) groups is 3. The first-order valence-corrected chi connectivity index (χ1v) is 8.99. The Kier molecular flexibility index (Phi) is 5.68. The number of ether oxygens (including phenoxy) is 1. The van der Waals surface area contributed by atoms with Crippen molar-refractivity contribution in [2.24, 2.45) is 0 Å². The second-order valence-electron chi connectivity index (χ2n) is 6.06. The molecule has 0 radical (unpaired) electrons. The van der Waals surface area contributed by atoms with E-state index >= 15 is 0 Å². The van der Waals surface area contributed by atoms with Crippen molar-refractivity contribution in [1.82, 2.24) is 0 Å². The number of amides is 2. The molecule has 2 amide bonds. The van der Waals surface area contributed by atoms with Gasteiger partial charge in [0, 0.05) is 12.1 Å². The molecule has 0 aromatic heterocycles. The summed E-state index contributed by atoms with van der Waals surface area (Å²) in [5, 5.41) is 5.84. The van der Waals surface area contributed by atoms with Gasteiger partial charge in [-0.1, -0.05) is 29.3 Å². The molecule has 0 saturated carbocycles. The molecule has 3 rings (SSSR count). The Labute approximate surface area is 165 Å². The van der Waals surface area contributed by atoms with Gasteiger partial charge in [-0.25, -0.2) is 4.79 Å². The number of nitrogens with one attached hydrogen (secondary N) is 2. The van der Waals surface area contributed by atoms with E-state index in [1.807, 2.05) is 0 Å². The van der Waals surface area contributed by atoms with Gasteiger partial charge in [0.2, 0.25) is 5.91 Å². The number of esters is 1. The fourth-order valence-electron chi connectivity index (χ4n) is 2.63. The number of anilines is 2. The zero-order valence-electron chi connectivity index (χ0n) is 14.3. The summed E-state index contributed by atoms with van der Waals surface area (Å²) in [4.78, 5) is 36.0. The molecule has 1 aliphatic heterocycles. The molecule has 1 heterocycles. The van der Waals surface area contributed by atoms with E-state index in [1.165, 1.54) is 6.92 Å². The molecule has 1 atom stereocenters. The Morgan fingerprint density at radius 2 is 1.96 bits per heavy atom. The average Bonchev–Trinajstić information content (AvgIpc) is 2.64. The monoisotopic (exact) mass is 406 g/mol. The Hall–Kier alpha value is -2.57. The highest BCUT2D eigenvalue weighted by Gasteiger charge is 2.22. The number of fused-ring (bicyclic) bond motifs is 1. The van der Waals surface area contributed by atoms with Crippen LogP contribution in [0.4, 0.5) is 11.4 Å². The Morgan fingerprint density at radius 1 is 1.19 bits per heavy atom. The molecule has 0 saturated heterocycles. The van der Waals surface area contributed by atoms with Crippen molar-refractivity contribution in [3.8, 4) is 0 Å². The SMILES string of the molecule is CC(OC(=O)c1ccc2c(c1)CCC(=O)N2)C(=O)Nc1cccc(Cl)c1Cl. The van der Waals surface area contributed by atoms with E-state index in [1.54, 1.807) is 36.4 Å². The van der Waals surface area contributed by atoms with Crippen LogP contribution in [0.5, 0.6) is 0 Å². The van der Waals surface area contributed by atoms with Gasteiger partial charge < -0.3 is 15.4 Å². The van der Waals surface area contributed by atoms with Gasteiger partial charge in [0.05, 0.1) is 21.3 Å². The maximum atomic E-state index is 12.3. The summed E-state index contributed by atoms with van der Waals surface area (Å²) in [5.74, 6) is -1.21. The van der Waals surface area contributed by atoms with Crippen molar-refractivity contribution >= 4 is 52.4 Å². The van der Waals surface area contributed by atoms with Crippen LogP contribution >= 0.6 is 23.2 Å². The van der Waals surface area contributed by atoms with Gasteiger partial charge in [0.1, 0.15) is 0 Å². The maximum Gasteiger partial charge on any atom is 0.338 e. The quantitative estimate of drug-likeness (QED) is 0.749. The lowest BCUT2D eigenvalue weighted by atomic mass is 10.0. The molecule has 8 heteroatoms. The first-order chi connectivity index (χ1) is 12.8. The van der Waals surface area contributed by atoms with Gasteiger partial charge in [-0.05, 0) is 49.2 Å². The minimum atomic E-state index is -1.04. The standard InChI is InChI=1S/C19H16Cl2N2O4/c1-10(18(25)23-15-4-2-3-13(20)17(15)21)27-19(26)12-5-7-14-11(9-12)6-8-16(24)22-14/h2-5,7,9-10H,6,8H2,1H3,(H,22,24)(H,23,25). The zero-order valence-corrected chi connectivity index (χ0v) is 15.9. The van der Waals surface area contributed by atoms with Gasteiger partial charge >= 0.3 is 5.97 Å². The Balaban J connectivity index is 1.66. The van der Waals surface area contributed by atoms with Crippen molar-refractivity contribution in [1.29, 1.82) is 0 Å². The Morgan fingerprint density at radius 3 is 2.74 bits per heavy atom. The van der Waals surface area contributed by atoms with Crippen LogP contribution in [0.1, 0.15) is 29.3 Å². The van der Waals surface area contributed by atoms with Crippen LogP contribution in [0.25, 0.3) is 0 Å². The predicted molar refractivity (Wildman–Crippen MR) is 103 cm³/mol. The largest absolute Gasteiger partial charge is 0.449 e. The number of benzene rings is 2. The average molecular weight is 407 g/mol. The summed E-state index contributed by atoms with van der Waals surface area (Å²) in [6.45, 7) is 1.46. The molecule has 1 aliphatic rings. The summed E-state index contributed by atoms with van der Waals surface area (Å²) in [6, 6.07) is 9.70. The molecule has 0 bridgehead atoms. The van der Waals surface area contributed by atoms with E-state index in [4.69, 9.17) is 27.9 Å². The minimum Gasteiger partial charge on any atom is -0.449 e. The third-order valence-corrected chi connectivity index (χ3v) is 4.92. The van der Waals surface area contributed by atoms with E-state index < -0.39 is 18.0 Å². The van der Waals surface area contributed by atoms with Crippen LogP contribution < -0.4 is 10.6 Å². The van der Waals surface area contributed by atoms with Crippen LogP contribution in [0.15, 0.2) is 36.4 Å². The first-order valence-electron chi connectivity index (χ1n) is 8.24. The van der Waals surface area contributed by atoms with Crippen LogP contribution in [0.2, 0.25) is 10.0 Å². The highest BCUT2D eigenvalue weighted by atomic mass is 35.5. The number of rotatable bonds is 4. The Bertz CT molecular complexity index is 930. The lowest BCUT2D eigenvalue weighted by molar-refractivity contribution is -0.123. The summed E-state index contributed by atoms with van der Waals surface area (Å²) < 4.78 is 5.24. The lowest BCUT2D eigenvalue weighted by Crippen LogP contribution is -2.30. The van der Waals surface area contributed by atoms with Crippen molar-refractivity contribution in [2.75, 3.05) is 10.6 Å². The van der Waals surface area contributed by atoms with Crippen LogP contribution in [-0.2, 0) is 20.7 Å². The number of halogens is 2. The second-order valence-corrected chi connectivity index (χ2v) is 6.84. The fourth-order valence-corrected chi connectivity index (χ4v) is 2.97. The van der Waals surface area contributed by atoms with Gasteiger partial charge in [-0.15, -0.1) is 0 Å². The van der Waals surface area contributed by atoms with E-state index in [2.05, 4.69) is 10.6 Å². The van der Waals surface area contributed by atoms with Gasteiger partial charge in [0.15, 0.2) is 6.10 Å². The molecule has 2 aromatic carbocycles. The third-order valence-electron chi connectivity index (χ3n) is 4.10. The highest BCUT2D eigenvalue weighted by molar-refractivity contribution is 6.44. The lowest BCUT2D eigenvalue weighted by Gasteiger charge is -2.18. The van der Waals surface area contributed by atoms with E-state index in [9.17, 15) is 14.4 Å². The zero-order chi connectivity index (χ0) is 19.6. The third kappa shape index (κ3) is 4.40. The molecule has 2 N–H and O–H groups in total. The number of hydrogen-bond acceptors (Lipinski definition) is 4. The predicted octanol–water partition coefficient (Wildman–Crippen LogP) is 4.06. The highest BCUT2D eigenvalue weighted by Crippen LogP contribution is 2.29. The van der Waals surface area contributed by atoms with E-state index in [0.717, 1.165) is 5.56 Å². The van der Waals surface area contributed by atoms with Crippen molar-refractivity contribution < 1.29 is 19.1 Å². The van der Waals surface area contributed by atoms with Crippen LogP contribution in [0, 0.1) is 0 Å². The van der Waals surface area contributed by atoms with Crippen molar-refractivity contribution in [3.63, 3.8) is 0 Å². The summed E-state index contributed by atoms with van der Waals surface area (Å²) >= 11 is 12.0. The van der Waals surface area contributed by atoms with E-state index in [-0.39, 0.29) is 10.9 Å². The topological polar surface area (TPSA) is 84.5 Å². The van der Waals surface area contributed by atoms with Gasteiger partial charge in [-0.2, -0.15) is 0 Å². The van der Waals surface area contributed by atoms with Crippen LogP contribution in [-0.4, -0.2) is 23.9 Å². The summed E-state index contributed by atoms with van der Waals surface area (Å²) in [6.07, 6.45) is -0.126. The van der Waals surface area contributed by atoms with Crippen molar-refractivity contribution in [3.05, 3.63) is 57.6 Å². The molecule has 0 fully saturated rings. The maximum absolute atomic E-state index is 12.3. The normalized spacial score (nSPS) is 14.0. The smallest absolute Gasteiger partial charge is 0.338 e. The number of aryl methyl sites for hydroxylation is 1. The molecule has 0 spiro atoms. The van der Waals surface area contributed by atoms with Crippen molar-refractivity contribution in [2.45, 2.75) is 25.9 Å². The van der Waals surface area contributed by atoms with Gasteiger partial charge in [-0.3, -0.25) is 9.59 Å².